The maximum atomic E-state index is 12.2. The number of hydrogen-bond donors (Lipinski definition) is 2. The van der Waals surface area contributed by atoms with Gasteiger partial charge >= 0.3 is 0 Å². The quantitative estimate of drug-likeness (QED) is 0.759. The van der Waals surface area contributed by atoms with E-state index >= 15 is 0 Å². The van der Waals surface area contributed by atoms with Gasteiger partial charge in [0, 0.05) is 19.6 Å². The van der Waals surface area contributed by atoms with E-state index in [1.807, 2.05) is 4.90 Å². The highest BCUT2D eigenvalue weighted by Crippen LogP contribution is 2.19. The molecule has 0 aromatic carbocycles. The number of carbonyl (C=O) groups is 2. The molecule has 2 heterocycles. The minimum Gasteiger partial charge on any atom is -0.346 e. The molecule has 0 spiro atoms. The summed E-state index contributed by atoms with van der Waals surface area (Å²) < 4.78 is 0. The smallest absolute Gasteiger partial charge is 0.241 e. The number of likely N-dealkylation sites (tertiary alicyclic amines) is 2. The molecule has 1 unspecified atom stereocenters. The molecule has 126 valence electrons. The molecular weight excluding hydrogens is 280 g/mol. The summed E-state index contributed by atoms with van der Waals surface area (Å²) in [6.45, 7) is 5.17. The van der Waals surface area contributed by atoms with Crippen LogP contribution in [0.1, 0.15) is 38.5 Å². The second-order valence-corrected chi connectivity index (χ2v) is 6.54. The van der Waals surface area contributed by atoms with Crippen LogP contribution in [-0.4, -0.2) is 67.4 Å². The van der Waals surface area contributed by atoms with Gasteiger partial charge < -0.3 is 20.9 Å². The maximum Gasteiger partial charge on any atom is 0.241 e. The van der Waals surface area contributed by atoms with Crippen molar-refractivity contribution in [3.05, 3.63) is 0 Å². The summed E-state index contributed by atoms with van der Waals surface area (Å²) in [7, 11) is 0. The first-order valence-electron chi connectivity index (χ1n) is 8.66. The molecule has 6 heteroatoms. The molecule has 0 bridgehead atoms. The SMILES string of the molecule is NCC(=O)NCC(=O)N1CCCC(CN2CCCCCC2)C1. The molecule has 2 saturated heterocycles. The highest BCUT2D eigenvalue weighted by atomic mass is 16.2. The Balaban J connectivity index is 1.75. The van der Waals surface area contributed by atoms with Gasteiger partial charge in [0.2, 0.25) is 11.8 Å². The van der Waals surface area contributed by atoms with E-state index in [-0.39, 0.29) is 24.9 Å². The first-order chi connectivity index (χ1) is 10.7. The van der Waals surface area contributed by atoms with Crippen molar-refractivity contribution >= 4 is 11.8 Å². The number of piperidine rings is 1. The number of nitrogens with one attached hydrogen (secondary N) is 1. The summed E-state index contributed by atoms with van der Waals surface area (Å²) in [5.41, 5.74) is 5.23. The molecule has 2 aliphatic rings. The summed E-state index contributed by atoms with van der Waals surface area (Å²) in [4.78, 5) is 27.8. The Labute approximate surface area is 133 Å². The molecular formula is C16H30N4O2. The van der Waals surface area contributed by atoms with E-state index < -0.39 is 0 Å². The molecule has 22 heavy (non-hydrogen) atoms. The molecule has 0 aromatic heterocycles. The third-order valence-corrected chi connectivity index (χ3v) is 4.71. The fourth-order valence-corrected chi connectivity index (χ4v) is 3.48. The van der Waals surface area contributed by atoms with E-state index in [0.717, 1.165) is 26.1 Å². The Hall–Kier alpha value is -1.14. The topological polar surface area (TPSA) is 78.7 Å². The van der Waals surface area contributed by atoms with E-state index in [0.29, 0.717) is 5.92 Å². The first kappa shape index (κ1) is 17.2. The molecule has 2 rings (SSSR count). The second kappa shape index (κ2) is 9.10. The molecule has 6 nitrogen and oxygen atoms in total. The van der Waals surface area contributed by atoms with Crippen LogP contribution in [0.4, 0.5) is 0 Å². The number of nitrogens with zero attached hydrogens (tertiary/aromatic N) is 2. The molecule has 2 amide bonds. The van der Waals surface area contributed by atoms with Crippen molar-refractivity contribution in [1.82, 2.24) is 15.1 Å². The fraction of sp³-hybridized carbons (Fsp3) is 0.875. The lowest BCUT2D eigenvalue weighted by molar-refractivity contribution is -0.134. The summed E-state index contributed by atoms with van der Waals surface area (Å²) in [6.07, 6.45) is 7.59. The molecule has 2 aliphatic heterocycles. The average molecular weight is 310 g/mol. The van der Waals surface area contributed by atoms with Crippen LogP contribution in [-0.2, 0) is 9.59 Å². The fourth-order valence-electron chi connectivity index (χ4n) is 3.48. The summed E-state index contributed by atoms with van der Waals surface area (Å²) >= 11 is 0. The number of hydrogen-bond acceptors (Lipinski definition) is 4. The van der Waals surface area contributed by atoms with E-state index in [2.05, 4.69) is 10.2 Å². The number of nitrogens with two attached hydrogens (primary N) is 1. The zero-order valence-electron chi connectivity index (χ0n) is 13.6. The molecule has 0 radical (unpaired) electrons. The van der Waals surface area contributed by atoms with Gasteiger partial charge in [-0.25, -0.2) is 0 Å². The predicted octanol–water partition coefficient (Wildman–Crippen LogP) is 0.176. The van der Waals surface area contributed by atoms with Crippen LogP contribution in [0.5, 0.6) is 0 Å². The summed E-state index contributed by atoms with van der Waals surface area (Å²) in [5.74, 6) is 0.315. The lowest BCUT2D eigenvalue weighted by Crippen LogP contribution is -2.47. The van der Waals surface area contributed by atoms with Crippen LogP contribution >= 0.6 is 0 Å². The van der Waals surface area contributed by atoms with Gasteiger partial charge in [0.05, 0.1) is 13.1 Å². The molecule has 2 fully saturated rings. The van der Waals surface area contributed by atoms with Crippen molar-refractivity contribution in [2.24, 2.45) is 11.7 Å². The van der Waals surface area contributed by atoms with Crippen molar-refractivity contribution in [2.75, 3.05) is 45.8 Å². The van der Waals surface area contributed by atoms with Gasteiger partial charge in [-0.05, 0) is 44.7 Å². The molecule has 1 atom stereocenters. The van der Waals surface area contributed by atoms with Crippen molar-refractivity contribution in [3.8, 4) is 0 Å². The Morgan fingerprint density at radius 1 is 1.05 bits per heavy atom. The molecule has 0 aromatic rings. The Kier molecular flexibility index (Phi) is 7.12. The minimum absolute atomic E-state index is 0.0161. The van der Waals surface area contributed by atoms with Gasteiger partial charge in [-0.1, -0.05) is 12.8 Å². The second-order valence-electron chi connectivity index (χ2n) is 6.54. The highest BCUT2D eigenvalue weighted by Gasteiger charge is 2.25. The Morgan fingerprint density at radius 3 is 2.45 bits per heavy atom. The van der Waals surface area contributed by atoms with Crippen LogP contribution in [0, 0.1) is 5.92 Å². The Morgan fingerprint density at radius 2 is 1.77 bits per heavy atom. The van der Waals surface area contributed by atoms with Crippen molar-refractivity contribution in [1.29, 1.82) is 0 Å². The largest absolute Gasteiger partial charge is 0.346 e. The third-order valence-electron chi connectivity index (χ3n) is 4.71. The number of rotatable bonds is 5. The molecule has 0 aliphatic carbocycles. The van der Waals surface area contributed by atoms with Crippen molar-refractivity contribution in [2.45, 2.75) is 38.5 Å². The highest BCUT2D eigenvalue weighted by molar-refractivity contribution is 5.85. The lowest BCUT2D eigenvalue weighted by Gasteiger charge is -2.35. The Bertz CT molecular complexity index is 367. The number of amides is 2. The van der Waals surface area contributed by atoms with Gasteiger partial charge in [-0.3, -0.25) is 9.59 Å². The van der Waals surface area contributed by atoms with E-state index in [4.69, 9.17) is 5.73 Å². The molecule has 3 N–H and O–H groups in total. The molecule has 0 saturated carbocycles. The first-order valence-corrected chi connectivity index (χ1v) is 8.66. The third kappa shape index (κ3) is 5.57. The van der Waals surface area contributed by atoms with Crippen molar-refractivity contribution in [3.63, 3.8) is 0 Å². The van der Waals surface area contributed by atoms with Crippen LogP contribution in [0.3, 0.4) is 0 Å². The van der Waals surface area contributed by atoms with Crippen molar-refractivity contribution < 1.29 is 9.59 Å². The monoisotopic (exact) mass is 310 g/mol. The zero-order chi connectivity index (χ0) is 15.8. The zero-order valence-corrected chi connectivity index (χ0v) is 13.6. The van der Waals surface area contributed by atoms with E-state index in [1.165, 1.54) is 45.2 Å². The van der Waals surface area contributed by atoms with E-state index in [9.17, 15) is 9.59 Å². The normalized spacial score (nSPS) is 23.9. The standard InChI is InChI=1S/C16H30N4O2/c17-10-15(21)18-11-16(22)20-9-5-6-14(13-20)12-19-7-3-1-2-4-8-19/h14H,1-13,17H2,(H,18,21). The summed E-state index contributed by atoms with van der Waals surface area (Å²) in [6, 6.07) is 0. The maximum absolute atomic E-state index is 12.2. The van der Waals surface area contributed by atoms with Crippen LogP contribution in [0.15, 0.2) is 0 Å². The van der Waals surface area contributed by atoms with Gasteiger partial charge in [0.15, 0.2) is 0 Å². The van der Waals surface area contributed by atoms with Crippen LogP contribution < -0.4 is 11.1 Å². The van der Waals surface area contributed by atoms with E-state index in [1.54, 1.807) is 0 Å². The lowest BCUT2D eigenvalue weighted by atomic mass is 9.97. The van der Waals surface area contributed by atoms with Gasteiger partial charge in [0.1, 0.15) is 0 Å². The predicted molar refractivity (Wildman–Crippen MR) is 86.3 cm³/mol. The van der Waals surface area contributed by atoms with Gasteiger partial charge in [0.25, 0.3) is 0 Å². The number of carbonyl (C=O) groups excluding carboxylic acids is 2. The average Bonchev–Trinajstić information content (AvgIpc) is 2.81. The minimum atomic E-state index is -0.272. The van der Waals surface area contributed by atoms with Crippen LogP contribution in [0.25, 0.3) is 0 Å². The van der Waals surface area contributed by atoms with Crippen LogP contribution in [0.2, 0.25) is 0 Å². The van der Waals surface area contributed by atoms with Gasteiger partial charge in [-0.2, -0.15) is 0 Å². The summed E-state index contributed by atoms with van der Waals surface area (Å²) in [5, 5.41) is 2.57. The van der Waals surface area contributed by atoms with Gasteiger partial charge in [-0.15, -0.1) is 0 Å².